The molecule has 4 N–H and O–H groups in total. The average Bonchev–Trinajstić information content (AvgIpc) is 3.29. The molecule has 1 atom stereocenters. The van der Waals surface area contributed by atoms with Crippen molar-refractivity contribution in [1.29, 1.82) is 0 Å². The lowest BCUT2D eigenvalue weighted by atomic mass is 9.96. The molecule has 160 valence electrons. The Morgan fingerprint density at radius 3 is 2.74 bits per heavy atom. The lowest BCUT2D eigenvalue weighted by Crippen LogP contribution is -2.56. The molecule has 1 aromatic carbocycles. The molecular formula is C20H19N5O5S. The van der Waals surface area contributed by atoms with E-state index in [9.17, 15) is 24.3 Å². The fourth-order valence-electron chi connectivity index (χ4n) is 4.01. The molecule has 0 aliphatic carbocycles. The van der Waals surface area contributed by atoms with Crippen molar-refractivity contribution in [2.45, 2.75) is 31.0 Å². The molecule has 1 aromatic heterocycles. The highest BCUT2D eigenvalue weighted by molar-refractivity contribution is 7.15. The average molecular weight is 441 g/mol. The number of rotatable bonds is 5. The van der Waals surface area contributed by atoms with Crippen LogP contribution in [0.5, 0.6) is 0 Å². The number of thiazole rings is 1. The van der Waals surface area contributed by atoms with E-state index >= 15 is 0 Å². The first-order valence-electron chi connectivity index (χ1n) is 9.84. The van der Waals surface area contributed by atoms with E-state index in [4.69, 9.17) is 0 Å². The molecule has 11 heteroatoms. The molecule has 31 heavy (non-hydrogen) atoms. The minimum Gasteiger partial charge on any atom is -0.382 e. The highest BCUT2D eigenvalue weighted by Gasteiger charge is 2.45. The molecule has 1 unspecified atom stereocenters. The zero-order valence-corrected chi connectivity index (χ0v) is 17.1. The third-order valence-corrected chi connectivity index (χ3v) is 6.93. The predicted molar refractivity (Wildman–Crippen MR) is 109 cm³/mol. The van der Waals surface area contributed by atoms with Gasteiger partial charge in [0.2, 0.25) is 11.8 Å². The quantitative estimate of drug-likeness (QED) is 0.473. The molecule has 3 aliphatic heterocycles. The third kappa shape index (κ3) is 3.21. The second kappa shape index (κ2) is 7.22. The summed E-state index contributed by atoms with van der Waals surface area (Å²) in [6.45, 7) is 1.20. The topological polar surface area (TPSA) is 141 Å². The van der Waals surface area contributed by atoms with Crippen LogP contribution in [-0.2, 0) is 21.7 Å². The second-order valence-corrected chi connectivity index (χ2v) is 8.84. The molecule has 5 rings (SSSR count). The molecule has 0 spiro atoms. The Bertz CT molecular complexity index is 1120. The first-order chi connectivity index (χ1) is 14.9. The number of piperidine rings is 1. The Kier molecular flexibility index (Phi) is 4.61. The van der Waals surface area contributed by atoms with Gasteiger partial charge in [0.1, 0.15) is 11.6 Å². The van der Waals surface area contributed by atoms with Crippen LogP contribution < -0.4 is 16.0 Å². The number of β-amino-alcohol motifs (C(OH)–C–C–N with tert-alkyl or cyclic N) is 1. The Labute approximate surface area is 180 Å². The normalized spacial score (nSPS) is 22.2. The Morgan fingerprint density at radius 2 is 2.03 bits per heavy atom. The summed E-state index contributed by atoms with van der Waals surface area (Å²) < 4.78 is 0. The van der Waals surface area contributed by atoms with Crippen LogP contribution >= 0.6 is 11.3 Å². The minimum atomic E-state index is -0.996. The van der Waals surface area contributed by atoms with Crippen molar-refractivity contribution in [3.05, 3.63) is 46.0 Å². The number of nitrogens with one attached hydrogen (secondary N) is 3. The number of amides is 4. The van der Waals surface area contributed by atoms with Gasteiger partial charge in [-0.25, -0.2) is 4.98 Å². The summed E-state index contributed by atoms with van der Waals surface area (Å²) in [4.78, 5) is 55.6. The Balaban J connectivity index is 1.36. The maximum atomic E-state index is 13.1. The third-order valence-electron chi connectivity index (χ3n) is 5.78. The number of anilines is 1. The fraction of sp³-hybridized carbons (Fsp3) is 0.350. The van der Waals surface area contributed by atoms with Gasteiger partial charge in [-0.2, -0.15) is 0 Å². The van der Waals surface area contributed by atoms with Gasteiger partial charge < -0.3 is 15.7 Å². The van der Waals surface area contributed by atoms with Crippen LogP contribution in [0.4, 0.5) is 5.13 Å². The number of fused-ring (bicyclic) bond motifs is 1. The number of nitrogens with zero attached hydrogens (tertiary/aromatic N) is 2. The standard InChI is InChI=1S/C20H19N5O5S/c26-14-5-4-12(16(27)24-14)25-17(28)11-3-1-2-10(15(11)18(25)29)6-22-19-23-7-13(31-19)20(30)8-21-9-20/h1-3,7,12,21,30H,4-6,8-9H2,(H,22,23)(H,24,26,27). The van der Waals surface area contributed by atoms with Crippen molar-refractivity contribution < 1.29 is 24.3 Å². The van der Waals surface area contributed by atoms with E-state index in [1.807, 2.05) is 0 Å². The molecule has 0 saturated carbocycles. The minimum absolute atomic E-state index is 0.0759. The summed E-state index contributed by atoms with van der Waals surface area (Å²) in [7, 11) is 0. The molecule has 4 amide bonds. The molecule has 3 aliphatic rings. The van der Waals surface area contributed by atoms with Gasteiger partial charge in [-0.05, 0) is 18.1 Å². The summed E-state index contributed by atoms with van der Waals surface area (Å²) in [5.41, 5.74) is 0.203. The predicted octanol–water partition coefficient (Wildman–Crippen LogP) is -0.0528. The van der Waals surface area contributed by atoms with Crippen molar-refractivity contribution >= 4 is 40.1 Å². The van der Waals surface area contributed by atoms with Gasteiger partial charge >= 0.3 is 0 Å². The van der Waals surface area contributed by atoms with Crippen molar-refractivity contribution in [3.8, 4) is 0 Å². The number of imide groups is 2. The number of aliphatic hydroxyl groups is 1. The number of benzene rings is 1. The van der Waals surface area contributed by atoms with Gasteiger partial charge in [0.05, 0.1) is 16.0 Å². The lowest BCUT2D eigenvalue weighted by molar-refractivity contribution is -0.136. The van der Waals surface area contributed by atoms with E-state index < -0.39 is 35.3 Å². The van der Waals surface area contributed by atoms with Crippen LogP contribution in [0, 0.1) is 0 Å². The molecule has 2 aromatic rings. The Hall–Kier alpha value is -3.15. The van der Waals surface area contributed by atoms with Gasteiger partial charge in [0.15, 0.2) is 5.13 Å². The molecular weight excluding hydrogens is 422 g/mol. The summed E-state index contributed by atoms with van der Waals surface area (Å²) >= 11 is 1.33. The van der Waals surface area contributed by atoms with E-state index in [0.29, 0.717) is 23.8 Å². The first kappa shape index (κ1) is 19.8. The number of carbonyl (C=O) groups excluding carboxylic acids is 4. The number of carbonyl (C=O) groups is 4. The summed E-state index contributed by atoms with van der Waals surface area (Å²) in [6.07, 6.45) is 1.82. The lowest BCUT2D eigenvalue weighted by Gasteiger charge is -2.36. The number of hydrogen-bond donors (Lipinski definition) is 4. The first-order valence-corrected chi connectivity index (χ1v) is 10.7. The molecule has 2 saturated heterocycles. The zero-order valence-electron chi connectivity index (χ0n) is 16.3. The molecule has 10 nitrogen and oxygen atoms in total. The summed E-state index contributed by atoms with van der Waals surface area (Å²) in [6, 6.07) is 3.99. The van der Waals surface area contributed by atoms with Crippen LogP contribution in [0.25, 0.3) is 0 Å². The maximum Gasteiger partial charge on any atom is 0.262 e. The summed E-state index contributed by atoms with van der Waals surface area (Å²) in [5.74, 6) is -2.12. The fourth-order valence-corrected chi connectivity index (χ4v) is 4.91. The number of aromatic nitrogens is 1. The van der Waals surface area contributed by atoms with Gasteiger partial charge in [-0.15, -0.1) is 0 Å². The summed E-state index contributed by atoms with van der Waals surface area (Å²) in [5, 5.41) is 19.4. The van der Waals surface area contributed by atoms with Crippen LogP contribution in [0.2, 0.25) is 0 Å². The van der Waals surface area contributed by atoms with E-state index in [1.54, 1.807) is 24.4 Å². The van der Waals surface area contributed by atoms with E-state index in [1.165, 1.54) is 11.3 Å². The highest BCUT2D eigenvalue weighted by atomic mass is 32.1. The smallest absolute Gasteiger partial charge is 0.262 e. The SMILES string of the molecule is O=C1CCC(N2C(=O)c3cccc(CNc4ncc(C5(O)CNC5)s4)c3C2=O)C(=O)N1. The van der Waals surface area contributed by atoms with E-state index in [0.717, 1.165) is 9.78 Å². The Morgan fingerprint density at radius 1 is 1.23 bits per heavy atom. The van der Waals surface area contributed by atoms with E-state index in [2.05, 4.69) is 20.9 Å². The molecule has 0 bridgehead atoms. The number of hydrogen-bond acceptors (Lipinski definition) is 9. The van der Waals surface area contributed by atoms with Gasteiger partial charge in [0, 0.05) is 32.3 Å². The van der Waals surface area contributed by atoms with Crippen LogP contribution in [0.15, 0.2) is 24.4 Å². The van der Waals surface area contributed by atoms with Gasteiger partial charge in [-0.3, -0.25) is 29.4 Å². The van der Waals surface area contributed by atoms with Crippen LogP contribution in [0.3, 0.4) is 0 Å². The van der Waals surface area contributed by atoms with E-state index in [-0.39, 0.29) is 30.5 Å². The van der Waals surface area contributed by atoms with Crippen LogP contribution in [-0.4, -0.2) is 57.8 Å². The second-order valence-electron chi connectivity index (χ2n) is 7.81. The zero-order chi connectivity index (χ0) is 21.8. The highest BCUT2D eigenvalue weighted by Crippen LogP contribution is 2.33. The van der Waals surface area contributed by atoms with Gasteiger partial charge in [0.25, 0.3) is 11.8 Å². The van der Waals surface area contributed by atoms with Crippen LogP contribution in [0.1, 0.15) is 44.0 Å². The maximum absolute atomic E-state index is 13.1. The molecule has 2 fully saturated rings. The van der Waals surface area contributed by atoms with Crippen molar-refractivity contribution in [3.63, 3.8) is 0 Å². The van der Waals surface area contributed by atoms with Crippen molar-refractivity contribution in [2.75, 3.05) is 18.4 Å². The van der Waals surface area contributed by atoms with Crippen molar-refractivity contribution in [2.24, 2.45) is 0 Å². The molecule has 4 heterocycles. The van der Waals surface area contributed by atoms with Crippen molar-refractivity contribution in [1.82, 2.24) is 20.5 Å². The van der Waals surface area contributed by atoms with Gasteiger partial charge in [-0.1, -0.05) is 23.5 Å². The largest absolute Gasteiger partial charge is 0.382 e. The monoisotopic (exact) mass is 441 g/mol. The molecule has 0 radical (unpaired) electrons.